The van der Waals surface area contributed by atoms with Crippen LogP contribution < -0.4 is 10.1 Å². The van der Waals surface area contributed by atoms with Crippen molar-refractivity contribution in [1.82, 2.24) is 5.32 Å². The third kappa shape index (κ3) is 13.3. The van der Waals surface area contributed by atoms with Gasteiger partial charge in [0.25, 0.3) is 5.09 Å². The Morgan fingerprint density at radius 3 is 2.60 bits per heavy atom. The van der Waals surface area contributed by atoms with Crippen molar-refractivity contribution in [3.8, 4) is 5.75 Å². The van der Waals surface area contributed by atoms with Crippen LogP contribution >= 0.6 is 11.6 Å². The molecule has 1 aliphatic rings. The molecule has 0 aliphatic heterocycles. The van der Waals surface area contributed by atoms with Gasteiger partial charge in [-0.05, 0) is 54.5 Å². The van der Waals surface area contributed by atoms with Gasteiger partial charge >= 0.3 is 5.97 Å². The van der Waals surface area contributed by atoms with E-state index in [1.54, 1.807) is 60.7 Å². The molecule has 0 radical (unpaired) electrons. The van der Waals surface area contributed by atoms with Crippen LogP contribution in [0.4, 0.5) is 0 Å². The van der Waals surface area contributed by atoms with Crippen LogP contribution in [0.1, 0.15) is 43.2 Å². The molecule has 244 valence electrons. The molecule has 0 aromatic heterocycles. The zero-order valence-corrected chi connectivity index (χ0v) is 25.5. The number of esters is 1. The smallest absolute Gasteiger partial charge is 0.325 e. The molecule has 0 unspecified atom stereocenters. The predicted octanol–water partition coefficient (Wildman–Crippen LogP) is 3.68. The first-order chi connectivity index (χ1) is 21.6. The molecular weight excluding hydrogens is 608 g/mol. The lowest BCUT2D eigenvalue weighted by atomic mass is 9.89. The molecule has 12 nitrogen and oxygen atoms in total. The van der Waals surface area contributed by atoms with E-state index in [-0.39, 0.29) is 57.0 Å². The second-order valence-corrected chi connectivity index (χ2v) is 11.1. The van der Waals surface area contributed by atoms with Crippen LogP contribution in [0.5, 0.6) is 5.75 Å². The first kappa shape index (κ1) is 35.5. The molecule has 1 amide bonds. The number of aliphatic hydroxyl groups excluding tert-OH is 3. The number of benzene rings is 2. The van der Waals surface area contributed by atoms with Crippen molar-refractivity contribution in [1.29, 1.82) is 0 Å². The number of nitrogens with one attached hydrogen (secondary N) is 1. The predicted molar refractivity (Wildman–Crippen MR) is 164 cm³/mol. The molecule has 0 heterocycles. The molecule has 4 N–H and O–H groups in total. The standard InChI is InChI=1S/C32H39ClN2O10/c33-24-9-6-10-26(16-24)43-21-25(36)13-14-28-27(29(37)17-30(28)38)11-3-1-2-4-12-31(39)34-18-32(40)44-19-22-7-5-8-23(15-22)20-45-35(41)42/h1,3,5-10,13-16,25,27-30,36-38H,2,4,11-12,17-21H2,(H,34,39)/b3-1-,14-13+/t25-,27-,28-,29+,30-/m1/s1. The third-order valence-electron chi connectivity index (χ3n) is 7.20. The quantitative estimate of drug-likeness (QED) is 0.0614. The largest absolute Gasteiger partial charge is 0.491 e. The summed E-state index contributed by atoms with van der Waals surface area (Å²) in [5.74, 6) is -0.925. The number of ether oxygens (including phenoxy) is 2. The van der Waals surface area contributed by atoms with E-state index in [0.29, 0.717) is 41.2 Å². The molecule has 2 aromatic rings. The maximum Gasteiger partial charge on any atom is 0.325 e. The van der Waals surface area contributed by atoms with E-state index >= 15 is 0 Å². The molecule has 5 atom stereocenters. The van der Waals surface area contributed by atoms with Gasteiger partial charge in [-0.1, -0.05) is 66.2 Å². The van der Waals surface area contributed by atoms with Gasteiger partial charge in [0.15, 0.2) is 0 Å². The molecule has 13 heteroatoms. The Hall–Kier alpha value is -3.97. The summed E-state index contributed by atoms with van der Waals surface area (Å²) in [6.45, 7) is -0.524. The molecule has 0 saturated heterocycles. The monoisotopic (exact) mass is 646 g/mol. The second kappa shape index (κ2) is 18.7. The van der Waals surface area contributed by atoms with Gasteiger partial charge in [0, 0.05) is 23.8 Å². The topological polar surface area (TPSA) is 178 Å². The zero-order valence-electron chi connectivity index (χ0n) is 24.7. The molecule has 45 heavy (non-hydrogen) atoms. The highest BCUT2D eigenvalue weighted by Gasteiger charge is 2.39. The number of nitrogens with zero attached hydrogens (tertiary/aromatic N) is 1. The second-order valence-electron chi connectivity index (χ2n) is 10.7. The molecule has 1 saturated carbocycles. The maximum atomic E-state index is 12.1. The van der Waals surface area contributed by atoms with Gasteiger partial charge in [-0.15, -0.1) is 10.1 Å². The fourth-order valence-electron chi connectivity index (χ4n) is 4.92. The minimum atomic E-state index is -0.903. The van der Waals surface area contributed by atoms with Gasteiger partial charge in [-0.3, -0.25) is 9.59 Å². The van der Waals surface area contributed by atoms with Gasteiger partial charge in [0.1, 0.15) is 38.2 Å². The summed E-state index contributed by atoms with van der Waals surface area (Å²) in [6, 6.07) is 13.5. The SMILES string of the molecule is O=C(CCC/C=C\C[C@@H]1[C@@H](/C=C/[C@@H](O)COc2cccc(Cl)c2)[C@H](O)C[C@@H]1O)NCC(=O)OCc1cccc(CO[N+](=O)[O-])c1. The molecule has 1 fully saturated rings. The van der Waals surface area contributed by atoms with E-state index in [4.69, 9.17) is 21.1 Å². The van der Waals surface area contributed by atoms with Gasteiger partial charge < -0.3 is 34.9 Å². The van der Waals surface area contributed by atoms with Crippen LogP contribution in [-0.4, -0.2) is 63.7 Å². The number of allylic oxidation sites excluding steroid dienone is 2. The van der Waals surface area contributed by atoms with E-state index in [1.165, 1.54) is 0 Å². The summed E-state index contributed by atoms with van der Waals surface area (Å²) in [5, 5.41) is 43.7. The number of carbonyl (C=O) groups is 2. The average Bonchev–Trinajstić information content (AvgIpc) is 3.28. The van der Waals surface area contributed by atoms with E-state index in [0.717, 1.165) is 0 Å². The van der Waals surface area contributed by atoms with Gasteiger partial charge in [0.05, 0.1) is 12.2 Å². The lowest BCUT2D eigenvalue weighted by molar-refractivity contribution is -0.763. The van der Waals surface area contributed by atoms with Gasteiger partial charge in [-0.2, -0.15) is 0 Å². The van der Waals surface area contributed by atoms with E-state index in [9.17, 15) is 35.0 Å². The number of hydrogen-bond acceptors (Lipinski definition) is 10. The highest BCUT2D eigenvalue weighted by Crippen LogP contribution is 2.36. The summed E-state index contributed by atoms with van der Waals surface area (Å²) in [4.78, 5) is 38.8. The Morgan fingerprint density at radius 1 is 1.09 bits per heavy atom. The normalized spacial score (nSPS) is 20.3. The fraction of sp³-hybridized carbons (Fsp3) is 0.438. The Morgan fingerprint density at radius 2 is 1.84 bits per heavy atom. The lowest BCUT2D eigenvalue weighted by Gasteiger charge is -2.19. The van der Waals surface area contributed by atoms with Crippen LogP contribution in [0.2, 0.25) is 5.02 Å². The number of unbranched alkanes of at least 4 members (excludes halogenated alkanes) is 1. The Balaban J connectivity index is 1.31. The Labute approximate surface area is 266 Å². The first-order valence-corrected chi connectivity index (χ1v) is 15.0. The number of rotatable bonds is 18. The van der Waals surface area contributed by atoms with Crippen LogP contribution in [0.3, 0.4) is 0 Å². The Bertz CT molecular complexity index is 1320. The molecule has 3 rings (SSSR count). The molecule has 0 bridgehead atoms. The highest BCUT2D eigenvalue weighted by molar-refractivity contribution is 6.30. The lowest BCUT2D eigenvalue weighted by Crippen LogP contribution is -2.30. The van der Waals surface area contributed by atoms with Crippen molar-refractivity contribution >= 4 is 23.5 Å². The fourth-order valence-corrected chi connectivity index (χ4v) is 5.10. The van der Waals surface area contributed by atoms with E-state index in [1.807, 2.05) is 12.2 Å². The van der Waals surface area contributed by atoms with Crippen molar-refractivity contribution < 1.29 is 44.3 Å². The van der Waals surface area contributed by atoms with Crippen LogP contribution in [-0.2, 0) is 32.4 Å². The third-order valence-corrected chi connectivity index (χ3v) is 7.43. The first-order valence-electron chi connectivity index (χ1n) is 14.6. The minimum absolute atomic E-state index is 0.0154. The van der Waals surface area contributed by atoms with E-state index in [2.05, 4.69) is 10.2 Å². The number of amides is 1. The molecule has 2 aromatic carbocycles. The van der Waals surface area contributed by atoms with Crippen molar-refractivity contribution in [3.05, 3.63) is 99.1 Å². The number of hydrogen-bond donors (Lipinski definition) is 4. The van der Waals surface area contributed by atoms with Crippen molar-refractivity contribution in [2.75, 3.05) is 13.2 Å². The van der Waals surface area contributed by atoms with Crippen LogP contribution in [0.25, 0.3) is 0 Å². The highest BCUT2D eigenvalue weighted by atomic mass is 35.5. The zero-order chi connectivity index (χ0) is 32.6. The Kier molecular flexibility index (Phi) is 14.8. The van der Waals surface area contributed by atoms with Gasteiger partial charge in [0.2, 0.25) is 5.91 Å². The summed E-state index contributed by atoms with van der Waals surface area (Å²) in [7, 11) is 0. The summed E-state index contributed by atoms with van der Waals surface area (Å²) in [6.07, 6.45) is 6.95. The summed E-state index contributed by atoms with van der Waals surface area (Å²) >= 11 is 5.94. The number of aliphatic hydroxyl groups is 3. The summed E-state index contributed by atoms with van der Waals surface area (Å²) in [5.41, 5.74) is 1.19. The minimum Gasteiger partial charge on any atom is -0.491 e. The maximum absolute atomic E-state index is 12.1. The van der Waals surface area contributed by atoms with Crippen LogP contribution in [0.15, 0.2) is 72.8 Å². The number of carbonyl (C=O) groups excluding carboxylic acids is 2. The van der Waals surface area contributed by atoms with Crippen molar-refractivity contribution in [2.45, 2.75) is 63.6 Å². The number of halogens is 1. The molecule has 0 spiro atoms. The van der Waals surface area contributed by atoms with E-state index < -0.39 is 29.4 Å². The van der Waals surface area contributed by atoms with Crippen molar-refractivity contribution in [3.63, 3.8) is 0 Å². The molecule has 1 aliphatic carbocycles. The average molecular weight is 647 g/mol. The van der Waals surface area contributed by atoms with Crippen molar-refractivity contribution in [2.24, 2.45) is 11.8 Å². The summed E-state index contributed by atoms with van der Waals surface area (Å²) < 4.78 is 10.7. The van der Waals surface area contributed by atoms with Gasteiger partial charge in [-0.25, -0.2) is 0 Å². The molecular formula is C32H39ClN2O10. The van der Waals surface area contributed by atoms with Crippen LogP contribution in [0, 0.1) is 22.0 Å².